The molecule has 1 aliphatic heterocycles. The molecule has 1 fully saturated rings. The van der Waals surface area contributed by atoms with Crippen molar-refractivity contribution in [3.63, 3.8) is 0 Å². The molecule has 3 N–H and O–H groups in total. The number of rotatable bonds is 3. The molecule has 1 rings (SSSR count). The molecule has 0 radical (unpaired) electrons. The monoisotopic (exact) mass is 186 g/mol. The van der Waals surface area contributed by atoms with E-state index in [1.165, 1.54) is 6.92 Å². The van der Waals surface area contributed by atoms with Gasteiger partial charge in [0.15, 0.2) is 0 Å². The van der Waals surface area contributed by atoms with E-state index in [4.69, 9.17) is 5.11 Å². The minimum absolute atomic E-state index is 0.207. The van der Waals surface area contributed by atoms with E-state index in [-0.39, 0.29) is 11.9 Å². The molecular weight excluding hydrogens is 172 g/mol. The van der Waals surface area contributed by atoms with Crippen molar-refractivity contribution in [3.05, 3.63) is 0 Å². The lowest BCUT2D eigenvalue weighted by atomic mass is 10.2. The summed E-state index contributed by atoms with van der Waals surface area (Å²) in [6, 6.07) is -1.02. The van der Waals surface area contributed by atoms with Crippen LogP contribution in [0.15, 0.2) is 0 Å². The van der Waals surface area contributed by atoms with Crippen LogP contribution in [0.25, 0.3) is 0 Å². The van der Waals surface area contributed by atoms with Crippen molar-refractivity contribution in [3.8, 4) is 0 Å². The smallest absolute Gasteiger partial charge is 0.325 e. The molecule has 5 nitrogen and oxygen atoms in total. The number of amides is 1. The largest absolute Gasteiger partial charge is 0.480 e. The Labute approximate surface area is 76.5 Å². The fraction of sp³-hybridized carbons (Fsp3) is 0.750. The van der Waals surface area contributed by atoms with Crippen LogP contribution in [-0.2, 0) is 9.59 Å². The van der Waals surface area contributed by atoms with Crippen LogP contribution in [0.3, 0.4) is 0 Å². The molecule has 5 heteroatoms. The molecule has 1 amide bonds. The topological polar surface area (TPSA) is 78.4 Å². The maximum absolute atomic E-state index is 11.3. The van der Waals surface area contributed by atoms with Crippen molar-refractivity contribution in [2.75, 3.05) is 6.54 Å². The average molecular weight is 186 g/mol. The van der Waals surface area contributed by atoms with Gasteiger partial charge < -0.3 is 15.7 Å². The highest BCUT2D eigenvalue weighted by atomic mass is 16.4. The lowest BCUT2D eigenvalue weighted by molar-refractivity contribution is -0.141. The van der Waals surface area contributed by atoms with Gasteiger partial charge in [-0.1, -0.05) is 0 Å². The third-order valence-electron chi connectivity index (χ3n) is 2.11. The summed E-state index contributed by atoms with van der Waals surface area (Å²) in [5.41, 5.74) is 0. The highest BCUT2D eigenvalue weighted by Gasteiger charge is 2.24. The summed E-state index contributed by atoms with van der Waals surface area (Å²) in [5.74, 6) is -1.22. The highest BCUT2D eigenvalue weighted by Crippen LogP contribution is 2.04. The number of nitrogens with one attached hydrogen (secondary N) is 2. The van der Waals surface area contributed by atoms with E-state index in [2.05, 4.69) is 10.6 Å². The van der Waals surface area contributed by atoms with Gasteiger partial charge in [-0.25, -0.2) is 0 Å². The van der Waals surface area contributed by atoms with Crippen molar-refractivity contribution >= 4 is 11.9 Å². The zero-order chi connectivity index (χ0) is 9.84. The maximum atomic E-state index is 11.3. The fourth-order valence-corrected chi connectivity index (χ4v) is 1.28. The summed E-state index contributed by atoms with van der Waals surface area (Å²) in [7, 11) is 0. The van der Waals surface area contributed by atoms with Crippen LogP contribution in [0.1, 0.15) is 19.8 Å². The highest BCUT2D eigenvalue weighted by molar-refractivity contribution is 5.86. The molecule has 0 bridgehead atoms. The second-order valence-electron chi connectivity index (χ2n) is 3.22. The van der Waals surface area contributed by atoms with Gasteiger partial charge >= 0.3 is 5.97 Å². The van der Waals surface area contributed by atoms with Gasteiger partial charge in [-0.15, -0.1) is 0 Å². The molecule has 1 aliphatic rings. The molecule has 13 heavy (non-hydrogen) atoms. The summed E-state index contributed by atoms with van der Waals surface area (Å²) in [5, 5.41) is 14.0. The van der Waals surface area contributed by atoms with E-state index < -0.39 is 12.0 Å². The van der Waals surface area contributed by atoms with Gasteiger partial charge in [0, 0.05) is 0 Å². The molecule has 1 saturated heterocycles. The number of hydrogen-bond donors (Lipinski definition) is 3. The Morgan fingerprint density at radius 3 is 2.77 bits per heavy atom. The van der Waals surface area contributed by atoms with E-state index >= 15 is 0 Å². The predicted octanol–water partition coefficient (Wildman–Crippen LogP) is -0.672. The average Bonchev–Trinajstić information content (AvgIpc) is 2.55. The Hall–Kier alpha value is -1.10. The van der Waals surface area contributed by atoms with E-state index in [0.29, 0.717) is 0 Å². The first-order valence-corrected chi connectivity index (χ1v) is 4.38. The lowest BCUT2D eigenvalue weighted by Crippen LogP contribution is -2.46. The second-order valence-corrected chi connectivity index (χ2v) is 3.22. The van der Waals surface area contributed by atoms with E-state index in [1.54, 1.807) is 0 Å². The number of carboxylic acids is 1. The minimum atomic E-state index is -1.01. The van der Waals surface area contributed by atoms with Gasteiger partial charge in [0.05, 0.1) is 6.04 Å². The standard InChI is InChI=1S/C8H14N2O3/c1-5(8(12)13)10-7(11)6-3-2-4-9-6/h5-6,9H,2-4H2,1H3,(H,10,11)(H,12,13)/t5-,6-/m1/s1. The summed E-state index contributed by atoms with van der Waals surface area (Å²) in [6.07, 6.45) is 1.76. The molecule has 0 aromatic heterocycles. The van der Waals surface area contributed by atoms with Gasteiger partial charge in [0.1, 0.15) is 6.04 Å². The third kappa shape index (κ3) is 2.69. The maximum Gasteiger partial charge on any atom is 0.325 e. The lowest BCUT2D eigenvalue weighted by Gasteiger charge is -2.13. The fourth-order valence-electron chi connectivity index (χ4n) is 1.28. The molecule has 74 valence electrons. The number of carboxylic acid groups (broad SMARTS) is 1. The van der Waals surface area contributed by atoms with Crippen molar-refractivity contribution in [2.45, 2.75) is 31.8 Å². The molecule has 0 unspecified atom stereocenters. The zero-order valence-corrected chi connectivity index (χ0v) is 7.54. The Morgan fingerprint density at radius 1 is 1.62 bits per heavy atom. The molecule has 0 aromatic rings. The van der Waals surface area contributed by atoms with Crippen LogP contribution in [0.5, 0.6) is 0 Å². The molecule has 0 aromatic carbocycles. The van der Waals surface area contributed by atoms with Gasteiger partial charge in [0.2, 0.25) is 5.91 Å². The molecule has 0 aliphatic carbocycles. The van der Waals surface area contributed by atoms with E-state index in [1.807, 2.05) is 0 Å². The number of aliphatic carboxylic acids is 1. The Morgan fingerprint density at radius 2 is 2.31 bits per heavy atom. The summed E-state index contributed by atoms with van der Waals surface area (Å²) < 4.78 is 0. The number of carbonyl (C=O) groups is 2. The Bertz CT molecular complexity index is 211. The molecule has 0 spiro atoms. The van der Waals surface area contributed by atoms with Crippen molar-refractivity contribution in [1.29, 1.82) is 0 Å². The third-order valence-corrected chi connectivity index (χ3v) is 2.11. The van der Waals surface area contributed by atoms with Crippen LogP contribution >= 0.6 is 0 Å². The first-order valence-electron chi connectivity index (χ1n) is 4.38. The summed E-state index contributed by atoms with van der Waals surface area (Å²) in [4.78, 5) is 21.7. The van der Waals surface area contributed by atoms with Gasteiger partial charge in [-0.2, -0.15) is 0 Å². The van der Waals surface area contributed by atoms with Crippen LogP contribution in [-0.4, -0.2) is 35.6 Å². The first-order chi connectivity index (χ1) is 6.11. The van der Waals surface area contributed by atoms with Crippen molar-refractivity contribution in [2.24, 2.45) is 0 Å². The summed E-state index contributed by atoms with van der Waals surface area (Å²) >= 11 is 0. The first kappa shape index (κ1) is 9.98. The second kappa shape index (κ2) is 4.23. The summed E-state index contributed by atoms with van der Waals surface area (Å²) in [6.45, 7) is 2.29. The van der Waals surface area contributed by atoms with Crippen LogP contribution in [0.4, 0.5) is 0 Å². The Kier molecular flexibility index (Phi) is 3.25. The van der Waals surface area contributed by atoms with Crippen LogP contribution in [0, 0.1) is 0 Å². The predicted molar refractivity (Wildman–Crippen MR) is 46.3 cm³/mol. The van der Waals surface area contributed by atoms with Crippen molar-refractivity contribution < 1.29 is 14.7 Å². The van der Waals surface area contributed by atoms with Crippen molar-refractivity contribution in [1.82, 2.24) is 10.6 Å². The SMILES string of the molecule is C[C@@H](NC(=O)[C@H]1CCCN1)C(=O)O. The van der Waals surface area contributed by atoms with Crippen LogP contribution < -0.4 is 10.6 Å². The molecular formula is C8H14N2O3. The van der Waals surface area contributed by atoms with Gasteiger partial charge in [0.25, 0.3) is 0 Å². The van der Waals surface area contributed by atoms with E-state index in [9.17, 15) is 9.59 Å². The zero-order valence-electron chi connectivity index (χ0n) is 7.54. The normalized spacial score (nSPS) is 23.9. The molecule has 2 atom stereocenters. The number of hydrogen-bond acceptors (Lipinski definition) is 3. The number of carbonyl (C=O) groups excluding carboxylic acids is 1. The molecule has 1 heterocycles. The van der Waals surface area contributed by atoms with E-state index in [0.717, 1.165) is 19.4 Å². The van der Waals surface area contributed by atoms with Gasteiger partial charge in [-0.3, -0.25) is 9.59 Å². The minimum Gasteiger partial charge on any atom is -0.480 e. The van der Waals surface area contributed by atoms with Gasteiger partial charge in [-0.05, 0) is 26.3 Å². The quantitative estimate of drug-likeness (QED) is 0.546. The molecule has 0 saturated carbocycles. The van der Waals surface area contributed by atoms with Crippen LogP contribution in [0.2, 0.25) is 0 Å². The Balaban J connectivity index is 2.35.